The zero-order valence-corrected chi connectivity index (χ0v) is 17.0. The van der Waals surface area contributed by atoms with Gasteiger partial charge in [-0.25, -0.2) is 0 Å². The van der Waals surface area contributed by atoms with Gasteiger partial charge in [-0.1, -0.05) is 49.3 Å². The first-order valence-electron chi connectivity index (χ1n) is 10.2. The molecule has 2 aliphatic rings. The van der Waals surface area contributed by atoms with Crippen molar-refractivity contribution in [1.29, 1.82) is 0 Å². The van der Waals surface area contributed by atoms with E-state index in [1.165, 1.54) is 0 Å². The number of hydrogen-bond acceptors (Lipinski definition) is 6. The fourth-order valence-electron chi connectivity index (χ4n) is 3.89. The Hall–Kier alpha value is -2.90. The van der Waals surface area contributed by atoms with Crippen molar-refractivity contribution in [2.24, 2.45) is 0 Å². The molecule has 1 unspecified atom stereocenters. The SMILES string of the molecule is CC(C)c1nnc(N2CCN(C(=O)C3CCC(=O)N3Cc3ccccc3)CC2)o1. The van der Waals surface area contributed by atoms with Gasteiger partial charge in [0.1, 0.15) is 6.04 Å². The van der Waals surface area contributed by atoms with Gasteiger partial charge in [-0.05, 0) is 12.0 Å². The first-order chi connectivity index (χ1) is 14.0. The zero-order valence-electron chi connectivity index (χ0n) is 17.0. The Morgan fingerprint density at radius 1 is 1.14 bits per heavy atom. The van der Waals surface area contributed by atoms with Crippen molar-refractivity contribution in [2.45, 2.75) is 45.2 Å². The number of piperazine rings is 1. The van der Waals surface area contributed by atoms with Gasteiger partial charge in [-0.15, -0.1) is 5.10 Å². The van der Waals surface area contributed by atoms with Gasteiger partial charge in [0.2, 0.25) is 17.7 Å². The van der Waals surface area contributed by atoms with E-state index in [2.05, 4.69) is 10.2 Å². The lowest BCUT2D eigenvalue weighted by molar-refractivity contribution is -0.142. The van der Waals surface area contributed by atoms with Crippen LogP contribution in [0.5, 0.6) is 0 Å². The average molecular weight is 397 g/mol. The summed E-state index contributed by atoms with van der Waals surface area (Å²) in [7, 11) is 0. The number of amides is 2. The van der Waals surface area contributed by atoms with E-state index >= 15 is 0 Å². The van der Waals surface area contributed by atoms with Crippen molar-refractivity contribution in [3.8, 4) is 0 Å². The molecule has 154 valence electrons. The number of hydrogen-bond donors (Lipinski definition) is 0. The molecule has 3 heterocycles. The van der Waals surface area contributed by atoms with Gasteiger partial charge in [0.05, 0.1) is 0 Å². The predicted octanol–water partition coefficient (Wildman–Crippen LogP) is 2.03. The molecule has 0 aliphatic carbocycles. The van der Waals surface area contributed by atoms with E-state index in [9.17, 15) is 9.59 Å². The number of carbonyl (C=O) groups is 2. The maximum Gasteiger partial charge on any atom is 0.318 e. The Kier molecular flexibility index (Phi) is 5.51. The molecule has 0 saturated carbocycles. The third-order valence-electron chi connectivity index (χ3n) is 5.59. The Balaban J connectivity index is 1.37. The second-order valence-electron chi connectivity index (χ2n) is 7.95. The van der Waals surface area contributed by atoms with Crippen LogP contribution in [0.3, 0.4) is 0 Å². The van der Waals surface area contributed by atoms with E-state index in [1.54, 1.807) is 4.90 Å². The van der Waals surface area contributed by atoms with Crippen LogP contribution in [0.25, 0.3) is 0 Å². The lowest BCUT2D eigenvalue weighted by atomic mass is 10.1. The highest BCUT2D eigenvalue weighted by molar-refractivity contribution is 5.91. The largest absolute Gasteiger partial charge is 0.408 e. The minimum atomic E-state index is -0.370. The summed E-state index contributed by atoms with van der Waals surface area (Å²) in [5.74, 6) is 0.909. The topological polar surface area (TPSA) is 82.8 Å². The van der Waals surface area contributed by atoms with Crippen molar-refractivity contribution in [2.75, 3.05) is 31.1 Å². The van der Waals surface area contributed by atoms with Gasteiger partial charge in [-0.3, -0.25) is 9.59 Å². The van der Waals surface area contributed by atoms with Gasteiger partial charge in [0.25, 0.3) is 0 Å². The first kappa shape index (κ1) is 19.4. The van der Waals surface area contributed by atoms with E-state index in [4.69, 9.17) is 4.42 Å². The Morgan fingerprint density at radius 3 is 2.52 bits per heavy atom. The summed E-state index contributed by atoms with van der Waals surface area (Å²) < 4.78 is 5.72. The second kappa shape index (κ2) is 8.23. The molecule has 1 aromatic carbocycles. The molecule has 8 nitrogen and oxygen atoms in total. The number of aromatic nitrogens is 2. The molecular weight excluding hydrogens is 370 g/mol. The zero-order chi connectivity index (χ0) is 20.4. The van der Waals surface area contributed by atoms with E-state index in [0.29, 0.717) is 57.5 Å². The molecule has 0 bridgehead atoms. The number of rotatable bonds is 5. The third-order valence-corrected chi connectivity index (χ3v) is 5.59. The summed E-state index contributed by atoms with van der Waals surface area (Å²) in [5, 5.41) is 8.21. The monoisotopic (exact) mass is 397 g/mol. The maximum atomic E-state index is 13.1. The van der Waals surface area contributed by atoms with Crippen molar-refractivity contribution in [3.63, 3.8) is 0 Å². The number of anilines is 1. The predicted molar refractivity (Wildman–Crippen MR) is 107 cm³/mol. The molecule has 2 amide bonds. The summed E-state index contributed by atoms with van der Waals surface area (Å²) in [6.07, 6.45) is 1.02. The van der Waals surface area contributed by atoms with Crippen LogP contribution in [0.15, 0.2) is 34.7 Å². The van der Waals surface area contributed by atoms with Gasteiger partial charge in [0, 0.05) is 45.1 Å². The van der Waals surface area contributed by atoms with Crippen LogP contribution in [-0.4, -0.2) is 64.0 Å². The summed E-state index contributed by atoms with van der Waals surface area (Å²) in [5.41, 5.74) is 1.04. The molecule has 1 aromatic heterocycles. The second-order valence-corrected chi connectivity index (χ2v) is 7.95. The molecule has 0 spiro atoms. The van der Waals surface area contributed by atoms with Crippen LogP contribution in [0.1, 0.15) is 44.1 Å². The Morgan fingerprint density at radius 2 is 1.86 bits per heavy atom. The minimum Gasteiger partial charge on any atom is -0.408 e. The lowest BCUT2D eigenvalue weighted by Crippen LogP contribution is -2.54. The summed E-state index contributed by atoms with van der Waals surface area (Å²) >= 11 is 0. The molecule has 4 rings (SSSR count). The number of carbonyl (C=O) groups excluding carboxylic acids is 2. The molecule has 0 N–H and O–H groups in total. The molecule has 29 heavy (non-hydrogen) atoms. The van der Waals surface area contributed by atoms with Gasteiger partial charge >= 0.3 is 6.01 Å². The third kappa shape index (κ3) is 4.11. The average Bonchev–Trinajstić information content (AvgIpc) is 3.37. The van der Waals surface area contributed by atoms with Crippen LogP contribution in [-0.2, 0) is 16.1 Å². The quantitative estimate of drug-likeness (QED) is 0.768. The summed E-state index contributed by atoms with van der Waals surface area (Å²) in [6, 6.07) is 9.98. The minimum absolute atomic E-state index is 0.0415. The van der Waals surface area contributed by atoms with Crippen molar-refractivity contribution < 1.29 is 14.0 Å². The molecule has 2 saturated heterocycles. The van der Waals surface area contributed by atoms with E-state index in [1.807, 2.05) is 54.0 Å². The molecule has 2 aliphatic heterocycles. The van der Waals surface area contributed by atoms with Crippen molar-refractivity contribution in [1.82, 2.24) is 20.0 Å². The van der Waals surface area contributed by atoms with Crippen molar-refractivity contribution in [3.05, 3.63) is 41.8 Å². The van der Waals surface area contributed by atoms with Crippen LogP contribution in [0.4, 0.5) is 6.01 Å². The maximum absolute atomic E-state index is 13.1. The van der Waals surface area contributed by atoms with Crippen LogP contribution >= 0.6 is 0 Å². The summed E-state index contributed by atoms with van der Waals surface area (Å²) in [6.45, 7) is 6.96. The van der Waals surface area contributed by atoms with Gasteiger partial charge in [-0.2, -0.15) is 0 Å². The fourth-order valence-corrected chi connectivity index (χ4v) is 3.89. The van der Waals surface area contributed by atoms with E-state index < -0.39 is 0 Å². The number of likely N-dealkylation sites (tertiary alicyclic amines) is 1. The molecule has 8 heteroatoms. The van der Waals surface area contributed by atoms with Gasteiger partial charge in [0.15, 0.2) is 0 Å². The van der Waals surface area contributed by atoms with Gasteiger partial charge < -0.3 is 19.1 Å². The number of benzene rings is 1. The molecule has 1 atom stereocenters. The van der Waals surface area contributed by atoms with E-state index in [0.717, 1.165) is 5.56 Å². The molecular formula is C21H27N5O3. The Labute approximate surface area is 170 Å². The molecule has 0 radical (unpaired) electrons. The fraction of sp³-hybridized carbons (Fsp3) is 0.524. The van der Waals surface area contributed by atoms with Crippen LogP contribution in [0.2, 0.25) is 0 Å². The van der Waals surface area contributed by atoms with Crippen molar-refractivity contribution >= 4 is 17.8 Å². The Bertz CT molecular complexity index is 858. The van der Waals surface area contributed by atoms with Crippen LogP contribution < -0.4 is 4.90 Å². The summed E-state index contributed by atoms with van der Waals surface area (Å²) in [4.78, 5) is 31.1. The number of nitrogens with zero attached hydrogens (tertiary/aromatic N) is 5. The standard InChI is InChI=1S/C21H27N5O3/c1-15(2)19-22-23-21(29-19)25-12-10-24(11-13-25)20(28)17-8-9-18(27)26(17)14-16-6-4-3-5-7-16/h3-7,15,17H,8-14H2,1-2H3. The molecule has 2 aromatic rings. The molecule has 2 fully saturated rings. The highest BCUT2D eigenvalue weighted by Gasteiger charge is 2.39. The lowest BCUT2D eigenvalue weighted by Gasteiger charge is -2.36. The highest BCUT2D eigenvalue weighted by atomic mass is 16.4. The smallest absolute Gasteiger partial charge is 0.318 e. The highest BCUT2D eigenvalue weighted by Crippen LogP contribution is 2.25. The van der Waals surface area contributed by atoms with Crippen LogP contribution in [0, 0.1) is 0 Å². The first-order valence-corrected chi connectivity index (χ1v) is 10.2. The normalized spacial score (nSPS) is 20.0. The van der Waals surface area contributed by atoms with E-state index in [-0.39, 0.29) is 23.8 Å².